The minimum Gasteiger partial charge on any atom is -0.444 e. The van der Waals surface area contributed by atoms with Crippen LogP contribution in [0.4, 0.5) is 4.79 Å². The molecule has 0 bridgehead atoms. The summed E-state index contributed by atoms with van der Waals surface area (Å²) in [6.45, 7) is 13.1. The van der Waals surface area contributed by atoms with Crippen molar-refractivity contribution in [3.63, 3.8) is 0 Å². The average Bonchev–Trinajstić information content (AvgIpc) is 2.77. The summed E-state index contributed by atoms with van der Waals surface area (Å²) in [5, 5.41) is 12.1. The van der Waals surface area contributed by atoms with Gasteiger partial charge in [0.25, 0.3) is 8.32 Å². The Morgan fingerprint density at radius 1 is 0.971 bits per heavy atom. The molecule has 34 heavy (non-hydrogen) atoms. The van der Waals surface area contributed by atoms with Crippen molar-refractivity contribution < 1.29 is 19.1 Å². The normalized spacial score (nSPS) is 19.7. The van der Waals surface area contributed by atoms with Gasteiger partial charge in [0, 0.05) is 25.3 Å². The maximum atomic E-state index is 12.9. The third kappa shape index (κ3) is 5.91. The molecule has 1 saturated heterocycles. The number of likely N-dealkylation sites (tertiary alicyclic amines) is 1. The number of carbonyl (C=O) groups is 1. The van der Waals surface area contributed by atoms with Gasteiger partial charge in [0.1, 0.15) is 5.60 Å². The average molecular weight is 484 g/mol. The van der Waals surface area contributed by atoms with Gasteiger partial charge in [-0.05, 0) is 55.4 Å². The van der Waals surface area contributed by atoms with Gasteiger partial charge in [0.05, 0.1) is 0 Å². The molecule has 1 aliphatic heterocycles. The Kier molecular flexibility index (Phi) is 8.27. The Hall–Kier alpha value is -2.15. The Morgan fingerprint density at radius 3 is 1.94 bits per heavy atom. The van der Waals surface area contributed by atoms with E-state index in [9.17, 15) is 9.90 Å². The largest absolute Gasteiger partial charge is 0.444 e. The van der Waals surface area contributed by atoms with Crippen LogP contribution in [0.3, 0.4) is 0 Å². The predicted octanol–water partition coefficient (Wildman–Crippen LogP) is 4.71. The van der Waals surface area contributed by atoms with Crippen molar-refractivity contribution in [3.05, 3.63) is 60.7 Å². The second kappa shape index (κ2) is 10.6. The van der Waals surface area contributed by atoms with E-state index in [0.29, 0.717) is 19.4 Å². The van der Waals surface area contributed by atoms with Crippen LogP contribution in [0, 0.1) is 0 Å². The summed E-state index contributed by atoms with van der Waals surface area (Å²) >= 11 is 0. The van der Waals surface area contributed by atoms with Gasteiger partial charge in [-0.1, -0.05) is 81.4 Å². The van der Waals surface area contributed by atoms with E-state index >= 15 is 0 Å². The van der Waals surface area contributed by atoms with Crippen LogP contribution >= 0.6 is 0 Å². The summed E-state index contributed by atoms with van der Waals surface area (Å²) in [7, 11) is -2.67. The highest BCUT2D eigenvalue weighted by Crippen LogP contribution is 2.39. The number of aliphatic hydroxyl groups is 1. The second-order valence-electron chi connectivity index (χ2n) is 11.3. The van der Waals surface area contributed by atoms with Crippen molar-refractivity contribution in [2.24, 2.45) is 0 Å². The number of ether oxygens (including phenoxy) is 1. The Labute approximate surface area is 206 Å². The summed E-state index contributed by atoms with van der Waals surface area (Å²) in [4.78, 5) is 14.7. The number of aliphatic hydroxyl groups excluding tert-OH is 1. The van der Waals surface area contributed by atoms with Gasteiger partial charge < -0.3 is 19.2 Å². The van der Waals surface area contributed by atoms with Crippen LogP contribution in [-0.4, -0.2) is 55.3 Å². The number of nitrogens with zero attached hydrogens (tertiary/aromatic N) is 1. The number of amides is 1. The van der Waals surface area contributed by atoms with E-state index in [2.05, 4.69) is 69.3 Å². The van der Waals surface area contributed by atoms with Crippen molar-refractivity contribution in [1.82, 2.24) is 4.90 Å². The van der Waals surface area contributed by atoms with Gasteiger partial charge in [-0.25, -0.2) is 4.79 Å². The molecule has 0 radical (unpaired) electrons. The Balaban J connectivity index is 1.95. The van der Waals surface area contributed by atoms with Crippen molar-refractivity contribution >= 4 is 24.8 Å². The number of piperidine rings is 1. The molecule has 0 aliphatic carbocycles. The minimum absolute atomic E-state index is 0.0125. The van der Waals surface area contributed by atoms with E-state index in [-0.39, 0.29) is 29.9 Å². The molecule has 5 nitrogen and oxygen atoms in total. The number of benzene rings is 2. The summed E-state index contributed by atoms with van der Waals surface area (Å²) in [6, 6.07) is 21.2. The molecule has 1 amide bonds. The predicted molar refractivity (Wildman–Crippen MR) is 140 cm³/mol. The molecule has 2 atom stereocenters. The second-order valence-corrected chi connectivity index (χ2v) is 15.5. The van der Waals surface area contributed by atoms with E-state index in [0.717, 1.165) is 6.42 Å². The van der Waals surface area contributed by atoms with Crippen molar-refractivity contribution in [3.8, 4) is 0 Å². The van der Waals surface area contributed by atoms with Crippen LogP contribution in [0.15, 0.2) is 60.7 Å². The lowest BCUT2D eigenvalue weighted by atomic mass is 9.97. The van der Waals surface area contributed by atoms with Gasteiger partial charge >= 0.3 is 6.09 Å². The molecule has 1 N–H and O–H groups in total. The zero-order valence-corrected chi connectivity index (χ0v) is 22.6. The first-order valence-corrected chi connectivity index (χ1v) is 14.3. The van der Waals surface area contributed by atoms with Crippen LogP contribution in [0.2, 0.25) is 5.04 Å². The van der Waals surface area contributed by atoms with E-state index < -0.39 is 13.9 Å². The van der Waals surface area contributed by atoms with Crippen molar-refractivity contribution in [1.29, 1.82) is 0 Å². The molecule has 1 fully saturated rings. The lowest BCUT2D eigenvalue weighted by Crippen LogP contribution is -2.68. The smallest absolute Gasteiger partial charge is 0.410 e. The molecule has 6 heteroatoms. The third-order valence-electron chi connectivity index (χ3n) is 6.52. The van der Waals surface area contributed by atoms with Gasteiger partial charge in [-0.3, -0.25) is 0 Å². The van der Waals surface area contributed by atoms with Gasteiger partial charge in [-0.15, -0.1) is 0 Å². The lowest BCUT2D eigenvalue weighted by Gasteiger charge is -2.48. The van der Waals surface area contributed by atoms with E-state index in [1.54, 1.807) is 4.90 Å². The molecule has 0 aromatic heterocycles. The Bertz CT molecular complexity index is 881. The van der Waals surface area contributed by atoms with E-state index in [4.69, 9.17) is 9.16 Å². The molecular weight excluding hydrogens is 442 g/mol. The van der Waals surface area contributed by atoms with Gasteiger partial charge in [0.15, 0.2) is 0 Å². The SMILES string of the molecule is CC(C)(C)OC(=O)N1CC[C@@H](O[Si](c2ccccc2)(c2ccccc2)C(C)(C)C)C[C@H]1CCO. The van der Waals surface area contributed by atoms with E-state index in [1.807, 2.05) is 32.9 Å². The first-order chi connectivity index (χ1) is 16.0. The summed E-state index contributed by atoms with van der Waals surface area (Å²) in [5.74, 6) is 0. The molecule has 2 aromatic rings. The number of carbonyl (C=O) groups excluding carboxylic acids is 1. The molecule has 3 rings (SSSR count). The standard InChI is InChI=1S/C28H41NO4Si/c1-27(2,3)32-26(31)29-19-17-23(21-22(29)18-20-30)33-34(28(4,5)6,24-13-9-7-10-14-24)25-15-11-8-12-16-25/h7-16,22-23,30H,17-21H2,1-6H3/t22-,23-/m1/s1. The molecule has 0 saturated carbocycles. The summed E-state index contributed by atoms with van der Waals surface area (Å²) in [6.07, 6.45) is 1.62. The lowest BCUT2D eigenvalue weighted by molar-refractivity contribution is -0.00910. The molecular formula is C28H41NO4Si. The fourth-order valence-electron chi connectivity index (χ4n) is 5.05. The van der Waals surface area contributed by atoms with Gasteiger partial charge in [-0.2, -0.15) is 0 Å². The van der Waals surface area contributed by atoms with Crippen LogP contribution in [0.1, 0.15) is 60.8 Å². The highest BCUT2D eigenvalue weighted by Gasteiger charge is 2.52. The van der Waals surface area contributed by atoms with Crippen LogP contribution < -0.4 is 10.4 Å². The van der Waals surface area contributed by atoms with E-state index in [1.165, 1.54) is 10.4 Å². The number of rotatable bonds is 6. The summed E-state index contributed by atoms with van der Waals surface area (Å²) in [5.41, 5.74) is -0.552. The fraction of sp³-hybridized carbons (Fsp3) is 0.536. The monoisotopic (exact) mass is 483 g/mol. The highest BCUT2D eigenvalue weighted by atomic mass is 28.4. The van der Waals surface area contributed by atoms with Crippen molar-refractivity contribution in [2.75, 3.05) is 13.2 Å². The maximum Gasteiger partial charge on any atom is 0.410 e. The fourth-order valence-corrected chi connectivity index (χ4v) is 9.78. The summed E-state index contributed by atoms with van der Waals surface area (Å²) < 4.78 is 13.0. The number of hydrogen-bond donors (Lipinski definition) is 1. The zero-order valence-electron chi connectivity index (χ0n) is 21.6. The third-order valence-corrected chi connectivity index (χ3v) is 11.6. The maximum absolute atomic E-state index is 12.9. The Morgan fingerprint density at radius 2 is 1.50 bits per heavy atom. The molecule has 0 spiro atoms. The first-order valence-electron chi connectivity index (χ1n) is 12.4. The zero-order chi connectivity index (χ0) is 25.0. The van der Waals surface area contributed by atoms with Gasteiger partial charge in [0.2, 0.25) is 0 Å². The highest BCUT2D eigenvalue weighted by molar-refractivity contribution is 6.99. The van der Waals surface area contributed by atoms with Crippen LogP contribution in [0.25, 0.3) is 0 Å². The molecule has 186 valence electrons. The van der Waals surface area contributed by atoms with Crippen LogP contribution in [0.5, 0.6) is 0 Å². The topological polar surface area (TPSA) is 59.0 Å². The minimum atomic E-state index is -2.67. The molecule has 0 unspecified atom stereocenters. The molecule has 2 aromatic carbocycles. The first kappa shape index (κ1) is 26.5. The molecule has 1 aliphatic rings. The quantitative estimate of drug-likeness (QED) is 0.605. The van der Waals surface area contributed by atoms with Crippen molar-refractivity contribution in [2.45, 2.75) is 83.6 Å². The molecule has 1 heterocycles. The van der Waals surface area contributed by atoms with Crippen LogP contribution in [-0.2, 0) is 9.16 Å². The number of hydrogen-bond acceptors (Lipinski definition) is 4.